The molecule has 0 saturated heterocycles. The zero-order valence-corrected chi connectivity index (χ0v) is 12.6. The fourth-order valence-electron chi connectivity index (χ4n) is 2.77. The van der Waals surface area contributed by atoms with Gasteiger partial charge < -0.3 is 5.32 Å². The SMILES string of the molecule is CSC1(CNC(C)c2cnn(C)c2)CCCCC1. The van der Waals surface area contributed by atoms with Crippen molar-refractivity contribution in [3.05, 3.63) is 18.0 Å². The summed E-state index contributed by atoms with van der Waals surface area (Å²) in [6.07, 6.45) is 13.3. The van der Waals surface area contributed by atoms with Crippen LogP contribution in [0.25, 0.3) is 0 Å². The molecule has 1 aliphatic rings. The van der Waals surface area contributed by atoms with Crippen molar-refractivity contribution in [3.8, 4) is 0 Å². The van der Waals surface area contributed by atoms with Crippen LogP contribution in [0.2, 0.25) is 0 Å². The third kappa shape index (κ3) is 3.29. The Labute approximate surface area is 115 Å². The summed E-state index contributed by atoms with van der Waals surface area (Å²) in [5.74, 6) is 0. The molecule has 0 aromatic carbocycles. The van der Waals surface area contributed by atoms with E-state index in [1.807, 2.05) is 17.9 Å². The van der Waals surface area contributed by atoms with Crippen LogP contribution in [0.1, 0.15) is 50.6 Å². The summed E-state index contributed by atoms with van der Waals surface area (Å²) in [7, 11) is 1.97. The smallest absolute Gasteiger partial charge is 0.0537 e. The van der Waals surface area contributed by atoms with E-state index in [4.69, 9.17) is 0 Å². The maximum atomic E-state index is 4.24. The third-order valence-corrected chi connectivity index (χ3v) is 5.57. The van der Waals surface area contributed by atoms with Crippen molar-refractivity contribution in [2.75, 3.05) is 12.8 Å². The van der Waals surface area contributed by atoms with Gasteiger partial charge in [0.05, 0.1) is 6.20 Å². The largest absolute Gasteiger partial charge is 0.309 e. The van der Waals surface area contributed by atoms with Crippen molar-refractivity contribution in [2.45, 2.75) is 49.8 Å². The molecule has 0 radical (unpaired) electrons. The summed E-state index contributed by atoms with van der Waals surface area (Å²) in [6, 6.07) is 0.393. The average molecular weight is 267 g/mol. The molecule has 1 N–H and O–H groups in total. The first-order valence-corrected chi connectivity index (χ1v) is 8.15. The van der Waals surface area contributed by atoms with Crippen LogP contribution in [0.3, 0.4) is 0 Å². The lowest BCUT2D eigenvalue weighted by molar-refractivity contribution is 0.367. The van der Waals surface area contributed by atoms with Crippen molar-refractivity contribution in [1.29, 1.82) is 0 Å². The number of hydrogen-bond acceptors (Lipinski definition) is 3. The summed E-state index contributed by atoms with van der Waals surface area (Å²) in [6.45, 7) is 3.35. The summed E-state index contributed by atoms with van der Waals surface area (Å²) < 4.78 is 2.34. The Balaban J connectivity index is 1.89. The van der Waals surface area contributed by atoms with E-state index in [1.165, 1.54) is 37.7 Å². The third-order valence-electron chi connectivity index (χ3n) is 4.15. The minimum Gasteiger partial charge on any atom is -0.309 e. The highest BCUT2D eigenvalue weighted by atomic mass is 32.2. The maximum Gasteiger partial charge on any atom is 0.0537 e. The molecule has 1 saturated carbocycles. The van der Waals surface area contributed by atoms with E-state index in [1.54, 1.807) is 0 Å². The molecule has 4 heteroatoms. The molecule has 0 spiro atoms. The van der Waals surface area contributed by atoms with Crippen LogP contribution in [-0.4, -0.2) is 27.3 Å². The Kier molecular flexibility index (Phi) is 4.73. The lowest BCUT2D eigenvalue weighted by Crippen LogP contribution is -2.40. The zero-order valence-electron chi connectivity index (χ0n) is 11.8. The van der Waals surface area contributed by atoms with E-state index < -0.39 is 0 Å². The number of thioether (sulfide) groups is 1. The standard InChI is InChI=1S/C14H25N3S/c1-12(13-9-16-17(2)10-13)15-11-14(18-3)7-5-4-6-8-14/h9-10,12,15H,4-8,11H2,1-3H3. The molecule has 1 aromatic rings. The first kappa shape index (κ1) is 13.9. The van der Waals surface area contributed by atoms with Crippen molar-refractivity contribution < 1.29 is 0 Å². The number of nitrogens with one attached hydrogen (secondary N) is 1. The highest BCUT2D eigenvalue weighted by Crippen LogP contribution is 2.38. The van der Waals surface area contributed by atoms with Gasteiger partial charge in [-0.05, 0) is 26.0 Å². The highest BCUT2D eigenvalue weighted by Gasteiger charge is 2.31. The van der Waals surface area contributed by atoms with Crippen LogP contribution in [0.15, 0.2) is 12.4 Å². The second-order valence-corrected chi connectivity index (χ2v) is 6.77. The number of aryl methyl sites for hydroxylation is 1. The van der Waals surface area contributed by atoms with E-state index >= 15 is 0 Å². The molecule has 1 aromatic heterocycles. The zero-order chi connectivity index (χ0) is 13.0. The lowest BCUT2D eigenvalue weighted by Gasteiger charge is -2.36. The van der Waals surface area contributed by atoms with Gasteiger partial charge in [-0.1, -0.05) is 19.3 Å². The van der Waals surface area contributed by atoms with Crippen molar-refractivity contribution in [2.24, 2.45) is 7.05 Å². The minimum absolute atomic E-state index is 0.393. The van der Waals surface area contributed by atoms with Crippen LogP contribution in [0, 0.1) is 0 Å². The van der Waals surface area contributed by atoms with E-state index in [0.29, 0.717) is 10.8 Å². The van der Waals surface area contributed by atoms with Gasteiger partial charge in [-0.3, -0.25) is 4.68 Å². The molecule has 3 nitrogen and oxygen atoms in total. The molecule has 0 bridgehead atoms. The number of nitrogens with zero attached hydrogens (tertiary/aromatic N) is 2. The normalized spacial score (nSPS) is 20.8. The van der Waals surface area contributed by atoms with Crippen LogP contribution < -0.4 is 5.32 Å². The molecule has 1 atom stereocenters. The predicted octanol–water partition coefficient (Wildman–Crippen LogP) is 3.14. The van der Waals surface area contributed by atoms with E-state index in [-0.39, 0.29) is 0 Å². The van der Waals surface area contributed by atoms with E-state index in [2.05, 4.69) is 41.6 Å². The van der Waals surface area contributed by atoms with Gasteiger partial charge in [0.1, 0.15) is 0 Å². The van der Waals surface area contributed by atoms with Crippen molar-refractivity contribution in [1.82, 2.24) is 15.1 Å². The summed E-state index contributed by atoms with van der Waals surface area (Å²) >= 11 is 2.05. The van der Waals surface area contributed by atoms with Crippen LogP contribution >= 0.6 is 11.8 Å². The molecular weight excluding hydrogens is 242 g/mol. The first-order chi connectivity index (χ1) is 8.65. The van der Waals surface area contributed by atoms with Gasteiger partial charge in [0.25, 0.3) is 0 Å². The Bertz CT molecular complexity index is 369. The molecule has 1 heterocycles. The van der Waals surface area contributed by atoms with Gasteiger partial charge in [-0.2, -0.15) is 16.9 Å². The topological polar surface area (TPSA) is 29.9 Å². The van der Waals surface area contributed by atoms with Crippen molar-refractivity contribution in [3.63, 3.8) is 0 Å². The van der Waals surface area contributed by atoms with Gasteiger partial charge >= 0.3 is 0 Å². The van der Waals surface area contributed by atoms with Gasteiger partial charge in [-0.25, -0.2) is 0 Å². The van der Waals surface area contributed by atoms with Crippen molar-refractivity contribution >= 4 is 11.8 Å². The molecule has 1 unspecified atom stereocenters. The molecule has 1 aliphatic carbocycles. The van der Waals surface area contributed by atoms with Crippen LogP contribution in [0.4, 0.5) is 0 Å². The molecule has 0 aliphatic heterocycles. The number of aromatic nitrogens is 2. The Morgan fingerprint density at radius 1 is 1.44 bits per heavy atom. The lowest BCUT2D eigenvalue weighted by atomic mass is 9.88. The Hall–Kier alpha value is -0.480. The predicted molar refractivity (Wildman–Crippen MR) is 79.0 cm³/mol. The van der Waals surface area contributed by atoms with Gasteiger partial charge in [0.15, 0.2) is 0 Å². The molecule has 2 rings (SSSR count). The second-order valence-electron chi connectivity index (χ2n) is 5.50. The van der Waals surface area contributed by atoms with Gasteiger partial charge in [0.2, 0.25) is 0 Å². The van der Waals surface area contributed by atoms with Crippen LogP contribution in [0.5, 0.6) is 0 Å². The Morgan fingerprint density at radius 3 is 2.72 bits per heavy atom. The van der Waals surface area contributed by atoms with Crippen LogP contribution in [-0.2, 0) is 7.05 Å². The highest BCUT2D eigenvalue weighted by molar-refractivity contribution is 8.00. The van der Waals surface area contributed by atoms with E-state index in [0.717, 1.165) is 6.54 Å². The summed E-state index contributed by atoms with van der Waals surface area (Å²) in [5.41, 5.74) is 1.28. The Morgan fingerprint density at radius 2 is 2.17 bits per heavy atom. The fraction of sp³-hybridized carbons (Fsp3) is 0.786. The number of rotatable bonds is 5. The van der Waals surface area contributed by atoms with Gasteiger partial charge in [-0.15, -0.1) is 0 Å². The molecular formula is C14H25N3S. The molecule has 1 fully saturated rings. The quantitative estimate of drug-likeness (QED) is 0.889. The average Bonchev–Trinajstić information content (AvgIpc) is 2.84. The summed E-state index contributed by atoms with van der Waals surface area (Å²) in [5, 5.41) is 7.94. The van der Waals surface area contributed by atoms with E-state index in [9.17, 15) is 0 Å². The first-order valence-electron chi connectivity index (χ1n) is 6.92. The molecule has 102 valence electrons. The molecule has 18 heavy (non-hydrogen) atoms. The fourth-order valence-corrected chi connectivity index (χ4v) is 3.69. The minimum atomic E-state index is 0.393. The summed E-state index contributed by atoms with van der Waals surface area (Å²) in [4.78, 5) is 0. The molecule has 0 amide bonds. The monoisotopic (exact) mass is 267 g/mol. The maximum absolute atomic E-state index is 4.24. The second kappa shape index (κ2) is 6.11. The number of hydrogen-bond donors (Lipinski definition) is 1. The van der Waals surface area contributed by atoms with Gasteiger partial charge in [0, 0.05) is 36.1 Å².